The van der Waals surface area contributed by atoms with E-state index in [2.05, 4.69) is 182 Å². The van der Waals surface area contributed by atoms with Crippen molar-refractivity contribution >= 4 is 60.9 Å². The molecule has 3 heteroatoms. The number of hydrogen-bond acceptors (Lipinski definition) is 2. The Morgan fingerprint density at radius 1 is 0.500 bits per heavy atom. The molecule has 3 aromatic heterocycles. The molecule has 10 rings (SSSR count). The van der Waals surface area contributed by atoms with E-state index in [1.807, 2.05) is 0 Å². The SMILES string of the molecule is C/C=C\c1c(CC)c2ccccc2n1-c1cccc2c1oc1c(-c3ccccc3)c3c(oc4c(-c5ccccc5)cccc43)c(-c3ccccc3)c12. The minimum absolute atomic E-state index is 0.850. The topological polar surface area (TPSA) is 31.2 Å². The van der Waals surface area contributed by atoms with Gasteiger partial charge in [0.15, 0.2) is 5.58 Å². The van der Waals surface area contributed by atoms with Crippen LogP contribution in [-0.2, 0) is 6.42 Å². The van der Waals surface area contributed by atoms with Crippen molar-refractivity contribution in [1.82, 2.24) is 4.57 Å². The fourth-order valence-corrected chi connectivity index (χ4v) is 8.37. The van der Waals surface area contributed by atoms with E-state index in [4.69, 9.17) is 8.83 Å². The lowest BCUT2D eigenvalue weighted by molar-refractivity contribution is 0.664. The summed E-state index contributed by atoms with van der Waals surface area (Å²) in [6.07, 6.45) is 5.29. The van der Waals surface area contributed by atoms with Crippen LogP contribution in [0.1, 0.15) is 25.1 Å². The first kappa shape index (κ1) is 30.3. The summed E-state index contributed by atoms with van der Waals surface area (Å²) < 4.78 is 16.9. The van der Waals surface area contributed by atoms with E-state index in [1.54, 1.807) is 0 Å². The number of rotatable bonds is 6. The van der Waals surface area contributed by atoms with Crippen molar-refractivity contribution in [1.29, 1.82) is 0 Å². The van der Waals surface area contributed by atoms with Crippen molar-refractivity contribution in [3.63, 3.8) is 0 Å². The fraction of sp³-hybridized carbons (Fsp3) is 0.0612. The zero-order valence-electron chi connectivity index (χ0n) is 29.1. The summed E-state index contributed by atoms with van der Waals surface area (Å²) in [7, 11) is 0. The summed E-state index contributed by atoms with van der Waals surface area (Å²) in [6.45, 7) is 4.33. The minimum atomic E-state index is 0.850. The van der Waals surface area contributed by atoms with E-state index >= 15 is 0 Å². The molecule has 0 spiro atoms. The van der Waals surface area contributed by atoms with Crippen LogP contribution in [0.5, 0.6) is 0 Å². The monoisotopic (exact) mass is 669 g/mol. The van der Waals surface area contributed by atoms with Crippen LogP contribution in [0.2, 0.25) is 0 Å². The van der Waals surface area contributed by atoms with Gasteiger partial charge < -0.3 is 13.4 Å². The Labute approximate surface area is 301 Å². The molecule has 52 heavy (non-hydrogen) atoms. The van der Waals surface area contributed by atoms with Crippen molar-refractivity contribution in [2.75, 3.05) is 0 Å². The Morgan fingerprint density at radius 3 is 1.63 bits per heavy atom. The van der Waals surface area contributed by atoms with Crippen LogP contribution in [-0.4, -0.2) is 4.57 Å². The fourth-order valence-electron chi connectivity index (χ4n) is 8.37. The third-order valence-corrected chi connectivity index (χ3v) is 10.5. The summed E-state index contributed by atoms with van der Waals surface area (Å²) in [4.78, 5) is 0. The van der Waals surface area contributed by atoms with Gasteiger partial charge in [0.1, 0.15) is 16.7 Å². The molecule has 0 amide bonds. The number of hydrogen-bond donors (Lipinski definition) is 0. The van der Waals surface area contributed by atoms with E-state index in [-0.39, 0.29) is 0 Å². The first-order valence-corrected chi connectivity index (χ1v) is 18.0. The molecule has 0 radical (unpaired) electrons. The summed E-state index contributed by atoms with van der Waals surface area (Å²) >= 11 is 0. The zero-order valence-corrected chi connectivity index (χ0v) is 29.1. The van der Waals surface area contributed by atoms with E-state index < -0.39 is 0 Å². The second kappa shape index (κ2) is 12.0. The molecule has 0 atom stereocenters. The maximum absolute atomic E-state index is 7.37. The predicted octanol–water partition coefficient (Wildman–Crippen LogP) is 14.0. The zero-order chi connectivity index (χ0) is 34.8. The number of allylic oxidation sites excluding steroid dienone is 1. The van der Waals surface area contributed by atoms with Gasteiger partial charge in [0, 0.05) is 49.3 Å². The van der Waals surface area contributed by atoms with Crippen LogP contribution < -0.4 is 0 Å². The lowest BCUT2D eigenvalue weighted by Crippen LogP contribution is -1.98. The lowest BCUT2D eigenvalue weighted by Gasteiger charge is -2.11. The van der Waals surface area contributed by atoms with Crippen molar-refractivity contribution in [2.45, 2.75) is 20.3 Å². The average molecular weight is 670 g/mol. The van der Waals surface area contributed by atoms with Crippen molar-refractivity contribution < 1.29 is 8.83 Å². The van der Waals surface area contributed by atoms with E-state index in [9.17, 15) is 0 Å². The van der Waals surface area contributed by atoms with Gasteiger partial charge in [-0.15, -0.1) is 0 Å². The summed E-state index contributed by atoms with van der Waals surface area (Å²) in [5.41, 5.74) is 14.6. The Morgan fingerprint density at radius 2 is 1.02 bits per heavy atom. The number of aryl methyl sites for hydroxylation is 1. The molecule has 248 valence electrons. The summed E-state index contributed by atoms with van der Waals surface area (Å²) in [5, 5.41) is 5.49. The maximum Gasteiger partial charge on any atom is 0.159 e. The van der Waals surface area contributed by atoms with Gasteiger partial charge in [0.25, 0.3) is 0 Å². The van der Waals surface area contributed by atoms with Crippen LogP contribution in [0, 0.1) is 0 Å². The van der Waals surface area contributed by atoms with Gasteiger partial charge in [0.05, 0.1) is 11.2 Å². The molecule has 10 aromatic rings. The standard InChI is InChI=1S/C49H35NO2/c1-3-18-39-34(4-2)36-25-14-15-29-40(36)50(39)41-30-17-28-38-45-43(33-23-12-7-13-24-33)48-44(42(49(45)52-47(38)41)32-21-10-6-11-22-32)37-27-16-26-35(46(37)51-48)31-19-8-5-9-20-31/h3,5-30H,4H2,1-2H3/b18-3-. The third-order valence-electron chi connectivity index (χ3n) is 10.5. The number of benzene rings is 7. The van der Waals surface area contributed by atoms with Gasteiger partial charge in [-0.2, -0.15) is 0 Å². The lowest BCUT2D eigenvalue weighted by atomic mass is 9.90. The molecule has 3 nitrogen and oxygen atoms in total. The molecule has 3 heterocycles. The van der Waals surface area contributed by atoms with Gasteiger partial charge in [-0.05, 0) is 53.8 Å². The van der Waals surface area contributed by atoms with Gasteiger partial charge in [-0.1, -0.05) is 153 Å². The van der Waals surface area contributed by atoms with Crippen LogP contribution >= 0.6 is 0 Å². The number of para-hydroxylation sites is 3. The van der Waals surface area contributed by atoms with Crippen LogP contribution in [0.25, 0.3) is 99.9 Å². The Bertz CT molecular complexity index is 2940. The highest BCUT2D eigenvalue weighted by molar-refractivity contribution is 6.31. The molecule has 0 N–H and O–H groups in total. The van der Waals surface area contributed by atoms with Gasteiger partial charge >= 0.3 is 0 Å². The first-order chi connectivity index (χ1) is 25.8. The van der Waals surface area contributed by atoms with E-state index in [0.29, 0.717) is 0 Å². The number of furan rings is 2. The molecule has 0 bridgehead atoms. The van der Waals surface area contributed by atoms with Crippen molar-refractivity contribution in [3.8, 4) is 39.1 Å². The molecule has 0 fully saturated rings. The first-order valence-electron chi connectivity index (χ1n) is 18.0. The Kier molecular flexibility index (Phi) is 7.00. The van der Waals surface area contributed by atoms with Crippen molar-refractivity contribution in [2.24, 2.45) is 0 Å². The van der Waals surface area contributed by atoms with Crippen LogP contribution in [0.3, 0.4) is 0 Å². The summed E-state index contributed by atoms with van der Waals surface area (Å²) in [5.74, 6) is 0. The van der Waals surface area contributed by atoms with E-state index in [1.165, 1.54) is 22.2 Å². The van der Waals surface area contributed by atoms with Crippen molar-refractivity contribution in [3.05, 3.63) is 169 Å². The van der Waals surface area contributed by atoms with Gasteiger partial charge in [-0.25, -0.2) is 0 Å². The Balaban J connectivity index is 1.43. The third kappa shape index (κ3) is 4.39. The van der Waals surface area contributed by atoms with E-state index in [0.717, 1.165) is 89.4 Å². The molecule has 7 aromatic carbocycles. The van der Waals surface area contributed by atoms with Gasteiger partial charge in [0.2, 0.25) is 0 Å². The molecular weight excluding hydrogens is 635 g/mol. The average Bonchev–Trinajstić information content (AvgIpc) is 3.88. The number of nitrogens with zero attached hydrogens (tertiary/aromatic N) is 1. The molecule has 0 aliphatic heterocycles. The highest BCUT2D eigenvalue weighted by atomic mass is 16.3. The highest BCUT2D eigenvalue weighted by Crippen LogP contribution is 2.52. The molecule has 0 saturated carbocycles. The van der Waals surface area contributed by atoms with Crippen LogP contribution in [0.15, 0.2) is 167 Å². The molecule has 0 saturated heterocycles. The molecular formula is C49H35NO2. The molecule has 0 unspecified atom stereocenters. The molecule has 0 aliphatic carbocycles. The number of aromatic nitrogens is 1. The highest BCUT2D eigenvalue weighted by Gasteiger charge is 2.29. The Hall–Kier alpha value is -6.58. The number of fused-ring (bicyclic) bond motifs is 7. The normalized spacial score (nSPS) is 12.0. The quantitative estimate of drug-likeness (QED) is 0.176. The predicted molar refractivity (Wildman–Crippen MR) is 218 cm³/mol. The summed E-state index contributed by atoms with van der Waals surface area (Å²) in [6, 6.07) is 53.6. The molecule has 0 aliphatic rings. The van der Waals surface area contributed by atoms with Crippen LogP contribution in [0.4, 0.5) is 0 Å². The van der Waals surface area contributed by atoms with Gasteiger partial charge in [-0.3, -0.25) is 0 Å². The maximum atomic E-state index is 7.37. The second-order valence-corrected chi connectivity index (χ2v) is 13.4. The minimum Gasteiger partial charge on any atom is -0.455 e. The smallest absolute Gasteiger partial charge is 0.159 e. The second-order valence-electron chi connectivity index (χ2n) is 13.4. The largest absolute Gasteiger partial charge is 0.455 e.